The van der Waals surface area contributed by atoms with Crippen molar-refractivity contribution in [1.82, 2.24) is 6.15 Å². The molecule has 0 saturated heterocycles. The Hall–Kier alpha value is -0.300. The van der Waals surface area contributed by atoms with E-state index in [-0.39, 0.29) is 6.15 Å². The first kappa shape index (κ1) is 16.1. The minimum absolute atomic E-state index is 0. The summed E-state index contributed by atoms with van der Waals surface area (Å²) in [6, 6.07) is 0. The molecule has 14 heavy (non-hydrogen) atoms. The molecule has 0 aliphatic heterocycles. The molecule has 3 N–H and O–H groups in total. The minimum Gasteiger partial charge on any atom is -0.344 e. The zero-order chi connectivity index (χ0) is 9.94. The summed E-state index contributed by atoms with van der Waals surface area (Å²) < 4.78 is 0. The number of rotatable bonds is 9. The molecule has 1 nitrogen and oxygen atoms in total. The van der Waals surface area contributed by atoms with E-state index in [2.05, 4.69) is 20.4 Å². The van der Waals surface area contributed by atoms with Crippen LogP contribution < -0.4 is 6.15 Å². The van der Waals surface area contributed by atoms with Crippen molar-refractivity contribution in [1.29, 1.82) is 0 Å². The van der Waals surface area contributed by atoms with Crippen LogP contribution in [0.25, 0.3) is 0 Å². The summed E-state index contributed by atoms with van der Waals surface area (Å²) in [4.78, 5) is 0. The number of hydrogen-bond donors (Lipinski definition) is 1. The highest BCUT2D eigenvalue weighted by Gasteiger charge is 1.94. The quantitative estimate of drug-likeness (QED) is 0.406. The average Bonchev–Trinajstić information content (AvgIpc) is 2.09. The van der Waals surface area contributed by atoms with E-state index in [1.807, 2.05) is 6.08 Å². The molecule has 0 aliphatic carbocycles. The molecule has 0 radical (unpaired) electrons. The molecule has 0 aromatic carbocycles. The zero-order valence-electron chi connectivity index (χ0n) is 10.2. The Balaban J connectivity index is 0. The van der Waals surface area contributed by atoms with Gasteiger partial charge in [0.1, 0.15) is 0 Å². The van der Waals surface area contributed by atoms with Crippen molar-refractivity contribution < 1.29 is 0 Å². The van der Waals surface area contributed by atoms with Gasteiger partial charge in [0, 0.05) is 0 Å². The smallest absolute Gasteiger partial charge is 0.0353 e. The first-order valence-corrected chi connectivity index (χ1v) is 5.88. The van der Waals surface area contributed by atoms with Gasteiger partial charge < -0.3 is 6.15 Å². The molecule has 0 heterocycles. The third kappa shape index (κ3) is 14.2. The summed E-state index contributed by atoms with van der Waals surface area (Å²) in [7, 11) is 0. The van der Waals surface area contributed by atoms with Gasteiger partial charge in [0.05, 0.1) is 0 Å². The molecule has 0 spiro atoms. The lowest BCUT2D eigenvalue weighted by Crippen LogP contribution is -1.87. The van der Waals surface area contributed by atoms with Gasteiger partial charge in [-0.3, -0.25) is 0 Å². The van der Waals surface area contributed by atoms with Crippen molar-refractivity contribution in [3.05, 3.63) is 12.7 Å². The van der Waals surface area contributed by atoms with Crippen LogP contribution in [0, 0.1) is 5.92 Å². The number of unbranched alkanes of at least 4 members (excludes halogenated alkanes) is 6. The largest absolute Gasteiger partial charge is 0.344 e. The second-order valence-electron chi connectivity index (χ2n) is 4.38. The summed E-state index contributed by atoms with van der Waals surface area (Å²) in [5, 5.41) is 0. The van der Waals surface area contributed by atoms with Gasteiger partial charge in [0.25, 0.3) is 0 Å². The Morgan fingerprint density at radius 1 is 0.929 bits per heavy atom. The second kappa shape index (κ2) is 12.7. The van der Waals surface area contributed by atoms with Gasteiger partial charge in [-0.2, -0.15) is 0 Å². The zero-order valence-corrected chi connectivity index (χ0v) is 10.2. The summed E-state index contributed by atoms with van der Waals surface area (Å²) in [5.41, 5.74) is 0. The molecule has 0 atom stereocenters. The minimum atomic E-state index is 0. The van der Waals surface area contributed by atoms with Crippen LogP contribution in [0.4, 0.5) is 0 Å². The van der Waals surface area contributed by atoms with E-state index in [1.54, 1.807) is 0 Å². The van der Waals surface area contributed by atoms with Gasteiger partial charge in [-0.25, -0.2) is 0 Å². The van der Waals surface area contributed by atoms with E-state index in [0.29, 0.717) is 0 Å². The van der Waals surface area contributed by atoms with Crippen molar-refractivity contribution in [2.45, 2.75) is 65.2 Å². The molecule has 0 amide bonds. The summed E-state index contributed by atoms with van der Waals surface area (Å²) in [5.74, 6) is 0.890. The maximum Gasteiger partial charge on any atom is -0.0353 e. The molecule has 0 saturated carbocycles. The maximum absolute atomic E-state index is 3.73. The van der Waals surface area contributed by atoms with Gasteiger partial charge in [-0.15, -0.1) is 6.58 Å². The Bertz CT molecular complexity index is 108. The highest BCUT2D eigenvalue weighted by Crippen LogP contribution is 2.11. The SMILES string of the molecule is C=CCCCCCCCCC(C)C.N. The van der Waals surface area contributed by atoms with Crippen molar-refractivity contribution in [3.8, 4) is 0 Å². The lowest BCUT2D eigenvalue weighted by Gasteiger charge is -2.03. The lowest BCUT2D eigenvalue weighted by atomic mass is 10.0. The van der Waals surface area contributed by atoms with Gasteiger partial charge in [0.2, 0.25) is 0 Å². The average molecular weight is 199 g/mol. The van der Waals surface area contributed by atoms with Crippen LogP contribution in [0.2, 0.25) is 0 Å². The second-order valence-corrected chi connectivity index (χ2v) is 4.38. The fraction of sp³-hybridized carbons (Fsp3) is 0.846. The first-order valence-electron chi connectivity index (χ1n) is 5.88. The van der Waals surface area contributed by atoms with Crippen LogP contribution in [-0.2, 0) is 0 Å². The summed E-state index contributed by atoms with van der Waals surface area (Å²) in [6.45, 7) is 8.35. The normalized spacial score (nSPS) is 9.93. The molecule has 86 valence electrons. The Morgan fingerprint density at radius 3 is 1.93 bits per heavy atom. The van der Waals surface area contributed by atoms with E-state index >= 15 is 0 Å². The van der Waals surface area contributed by atoms with E-state index in [4.69, 9.17) is 0 Å². The van der Waals surface area contributed by atoms with Crippen molar-refractivity contribution in [2.75, 3.05) is 0 Å². The molecule has 0 unspecified atom stereocenters. The first-order chi connectivity index (χ1) is 6.27. The molecule has 0 aromatic rings. The number of hydrogen-bond acceptors (Lipinski definition) is 1. The van der Waals surface area contributed by atoms with Crippen molar-refractivity contribution in [3.63, 3.8) is 0 Å². The summed E-state index contributed by atoms with van der Waals surface area (Å²) >= 11 is 0. The maximum atomic E-state index is 3.73. The van der Waals surface area contributed by atoms with Crippen LogP contribution in [-0.4, -0.2) is 0 Å². The van der Waals surface area contributed by atoms with E-state index in [9.17, 15) is 0 Å². The summed E-state index contributed by atoms with van der Waals surface area (Å²) in [6.07, 6.45) is 13.1. The third-order valence-corrected chi connectivity index (χ3v) is 2.44. The van der Waals surface area contributed by atoms with Crippen LogP contribution in [0.3, 0.4) is 0 Å². The predicted octanol–water partition coefficient (Wildman–Crippen LogP) is 5.11. The van der Waals surface area contributed by atoms with E-state index in [1.165, 1.54) is 51.4 Å². The number of allylic oxidation sites excluding steroid dienone is 1. The van der Waals surface area contributed by atoms with Gasteiger partial charge in [0.15, 0.2) is 0 Å². The van der Waals surface area contributed by atoms with Crippen molar-refractivity contribution in [2.24, 2.45) is 5.92 Å². The monoisotopic (exact) mass is 199 g/mol. The fourth-order valence-corrected chi connectivity index (χ4v) is 1.55. The molecule has 1 heteroatoms. The molecule has 0 fully saturated rings. The molecule has 0 aliphatic rings. The van der Waals surface area contributed by atoms with E-state index < -0.39 is 0 Å². The highest BCUT2D eigenvalue weighted by atomic mass is 14.0. The van der Waals surface area contributed by atoms with E-state index in [0.717, 1.165) is 5.92 Å². The molecule has 0 bridgehead atoms. The molecular formula is C13H29N. The topological polar surface area (TPSA) is 35.0 Å². The Morgan fingerprint density at radius 2 is 1.43 bits per heavy atom. The van der Waals surface area contributed by atoms with Gasteiger partial charge in [-0.1, -0.05) is 58.4 Å². The van der Waals surface area contributed by atoms with Gasteiger partial charge in [-0.05, 0) is 18.8 Å². The van der Waals surface area contributed by atoms with Crippen LogP contribution in [0.15, 0.2) is 12.7 Å². The predicted molar refractivity (Wildman–Crippen MR) is 67.0 cm³/mol. The fourth-order valence-electron chi connectivity index (χ4n) is 1.55. The van der Waals surface area contributed by atoms with Crippen LogP contribution >= 0.6 is 0 Å². The Labute approximate surface area is 90.6 Å². The standard InChI is InChI=1S/C13H26.H3N/c1-4-5-6-7-8-9-10-11-12-13(2)3;/h4,13H,1,5-12H2,2-3H3;1H3. The third-order valence-electron chi connectivity index (χ3n) is 2.44. The van der Waals surface area contributed by atoms with Crippen LogP contribution in [0.1, 0.15) is 65.2 Å². The lowest BCUT2D eigenvalue weighted by molar-refractivity contribution is 0.512. The van der Waals surface area contributed by atoms with Gasteiger partial charge >= 0.3 is 0 Å². The molecule has 0 rings (SSSR count). The van der Waals surface area contributed by atoms with Crippen molar-refractivity contribution >= 4 is 0 Å². The highest BCUT2D eigenvalue weighted by molar-refractivity contribution is 4.65. The Kier molecular flexibility index (Phi) is 14.6. The van der Waals surface area contributed by atoms with Crippen LogP contribution in [0.5, 0.6) is 0 Å². The molecular weight excluding hydrogens is 170 g/mol. The molecule has 0 aromatic heterocycles.